The van der Waals surface area contributed by atoms with E-state index in [1.165, 1.54) is 22.2 Å². The summed E-state index contributed by atoms with van der Waals surface area (Å²) in [4.78, 5) is 9.89. The zero-order valence-electron chi connectivity index (χ0n) is 25.7. The topological polar surface area (TPSA) is 44.3 Å². The Labute approximate surface area is 275 Å². The minimum atomic E-state index is -0.114. The molecule has 0 aliphatic carbocycles. The van der Waals surface area contributed by atoms with Crippen LogP contribution in [0.15, 0.2) is 91.1 Å². The number of nitrogens with zero attached hydrogens (tertiary/aromatic N) is 4. The zero-order chi connectivity index (χ0) is 30.0. The molecular weight excluding hydrogens is 736 g/mol. The molecular formula is C39H30N4OPt. The van der Waals surface area contributed by atoms with Gasteiger partial charge in [-0.25, -0.2) is 4.98 Å². The van der Waals surface area contributed by atoms with Crippen molar-refractivity contribution in [1.29, 1.82) is 0 Å². The van der Waals surface area contributed by atoms with Gasteiger partial charge in [0.15, 0.2) is 0 Å². The molecule has 6 heteroatoms. The van der Waals surface area contributed by atoms with Crippen molar-refractivity contribution in [1.82, 2.24) is 18.9 Å². The fourth-order valence-electron chi connectivity index (χ4n) is 7.50. The van der Waals surface area contributed by atoms with Gasteiger partial charge in [-0.1, -0.05) is 86.6 Å². The molecule has 0 fully saturated rings. The quantitative estimate of drug-likeness (QED) is 0.133. The maximum atomic E-state index is 6.48. The Kier molecular flexibility index (Phi) is 5.93. The molecule has 0 unspecified atom stereocenters. The molecule has 0 bridgehead atoms. The third-order valence-corrected chi connectivity index (χ3v) is 10.2. The first-order valence-corrected chi connectivity index (χ1v) is 15.1. The molecule has 4 aromatic carbocycles. The van der Waals surface area contributed by atoms with Crippen molar-refractivity contribution in [3.63, 3.8) is 0 Å². The molecule has 0 N–H and O–H groups in total. The number of aryl methyl sites for hydroxylation is 1. The van der Waals surface area contributed by atoms with Gasteiger partial charge in [0.2, 0.25) is 0 Å². The number of rotatable bonds is 3. The molecule has 0 atom stereocenters. The minimum absolute atomic E-state index is 0. The number of imidazole rings is 1. The van der Waals surface area contributed by atoms with E-state index < -0.39 is 0 Å². The molecule has 0 radical (unpaired) electrons. The van der Waals surface area contributed by atoms with Crippen LogP contribution >= 0.6 is 0 Å². The van der Waals surface area contributed by atoms with Crippen LogP contribution in [0.25, 0.3) is 54.9 Å². The summed E-state index contributed by atoms with van der Waals surface area (Å²) in [6.45, 7) is 11.5. The Balaban J connectivity index is 0.00000300. The maximum Gasteiger partial charge on any atom is 2.00 e. The van der Waals surface area contributed by atoms with Crippen LogP contribution in [0.1, 0.15) is 44.6 Å². The van der Waals surface area contributed by atoms with Crippen LogP contribution < -0.4 is 4.74 Å². The summed E-state index contributed by atoms with van der Waals surface area (Å²) in [5, 5.41) is 5.57. The van der Waals surface area contributed by atoms with Gasteiger partial charge in [-0.2, -0.15) is 6.07 Å². The van der Waals surface area contributed by atoms with E-state index in [0.29, 0.717) is 11.5 Å². The molecule has 9 rings (SSSR count). The van der Waals surface area contributed by atoms with Gasteiger partial charge in [0.05, 0.1) is 11.2 Å². The monoisotopic (exact) mass is 765 g/mol. The predicted molar refractivity (Wildman–Crippen MR) is 177 cm³/mol. The fraction of sp³-hybridized carbons (Fsp3) is 0.179. The van der Waals surface area contributed by atoms with Gasteiger partial charge in [0.1, 0.15) is 5.65 Å². The molecule has 0 saturated carbocycles. The largest absolute Gasteiger partial charge is 2.00 e. The van der Waals surface area contributed by atoms with E-state index in [4.69, 9.17) is 14.7 Å². The second-order valence-electron chi connectivity index (χ2n) is 13.0. The number of aromatic nitrogens is 4. The van der Waals surface area contributed by atoms with Crippen LogP contribution in [0.2, 0.25) is 0 Å². The predicted octanol–water partition coefficient (Wildman–Crippen LogP) is 9.40. The molecule has 45 heavy (non-hydrogen) atoms. The van der Waals surface area contributed by atoms with Gasteiger partial charge in [0, 0.05) is 56.2 Å². The summed E-state index contributed by atoms with van der Waals surface area (Å²) in [7, 11) is 0. The van der Waals surface area contributed by atoms with Crippen molar-refractivity contribution >= 4 is 49.3 Å². The van der Waals surface area contributed by atoms with E-state index >= 15 is 0 Å². The third-order valence-electron chi connectivity index (χ3n) is 10.2. The zero-order valence-corrected chi connectivity index (χ0v) is 27.9. The SMILES string of the molecule is Cc1nc2c3[c-]c(Oc4[c-]c(-n5c6ccccc6c6cccnc65)ccc4)ccc3c3cccc4c3n2c1C(C)(C)C4(C)C.[Pt+2]. The van der Waals surface area contributed by atoms with Crippen molar-refractivity contribution in [2.45, 2.75) is 45.4 Å². The Hall–Kier alpha value is -4.47. The molecule has 0 spiro atoms. The molecule has 4 aromatic heterocycles. The Morgan fingerprint density at radius 2 is 1.44 bits per heavy atom. The Morgan fingerprint density at radius 3 is 2.31 bits per heavy atom. The number of pyridine rings is 2. The molecule has 8 aromatic rings. The maximum absolute atomic E-state index is 6.48. The fourth-order valence-corrected chi connectivity index (χ4v) is 7.50. The number of hydrogen-bond donors (Lipinski definition) is 0. The standard InChI is InChI=1S/C39H30N4O.Pt/c1-23-35-39(4,5)38(2,3)32-16-9-14-29-27-19-18-26(22-31(27)37(41-23)43(35)34(29)32)44-25-12-8-11-24(21-25)42-33-17-7-6-13-28(33)30-15-10-20-40-36(30)42;/h6-20H,1-5H3;/q-2;+2. The molecule has 5 nitrogen and oxygen atoms in total. The molecule has 5 heterocycles. The number of ether oxygens (including phenoxy) is 1. The number of fused-ring (bicyclic) bond motifs is 6. The summed E-state index contributed by atoms with van der Waals surface area (Å²) in [6.07, 6.45) is 1.83. The molecule has 1 aliphatic heterocycles. The summed E-state index contributed by atoms with van der Waals surface area (Å²) in [5.41, 5.74) is 8.52. The van der Waals surface area contributed by atoms with Gasteiger partial charge in [-0.3, -0.25) is 4.98 Å². The van der Waals surface area contributed by atoms with Crippen LogP contribution in [0.4, 0.5) is 0 Å². The first-order valence-electron chi connectivity index (χ1n) is 15.1. The van der Waals surface area contributed by atoms with Crippen molar-refractivity contribution in [3.8, 4) is 17.2 Å². The summed E-state index contributed by atoms with van der Waals surface area (Å²) in [5.74, 6) is 1.24. The molecule has 0 saturated heterocycles. The second-order valence-corrected chi connectivity index (χ2v) is 13.0. The van der Waals surface area contributed by atoms with Crippen LogP contribution in [0, 0.1) is 19.1 Å². The van der Waals surface area contributed by atoms with Gasteiger partial charge in [0.25, 0.3) is 0 Å². The number of hydrogen-bond acceptors (Lipinski definition) is 3. The van der Waals surface area contributed by atoms with Gasteiger partial charge >= 0.3 is 21.1 Å². The smallest absolute Gasteiger partial charge is 0.503 e. The summed E-state index contributed by atoms with van der Waals surface area (Å²) < 4.78 is 11.0. The van der Waals surface area contributed by atoms with E-state index in [1.807, 2.05) is 36.5 Å². The van der Waals surface area contributed by atoms with Crippen LogP contribution in [-0.4, -0.2) is 18.9 Å². The van der Waals surface area contributed by atoms with Crippen molar-refractivity contribution in [2.75, 3.05) is 0 Å². The van der Waals surface area contributed by atoms with Crippen molar-refractivity contribution in [2.24, 2.45) is 0 Å². The minimum Gasteiger partial charge on any atom is -0.503 e. The summed E-state index contributed by atoms with van der Waals surface area (Å²) >= 11 is 0. The average molecular weight is 766 g/mol. The van der Waals surface area contributed by atoms with E-state index in [9.17, 15) is 0 Å². The third kappa shape index (κ3) is 3.65. The van der Waals surface area contributed by atoms with Gasteiger partial charge in [-0.15, -0.1) is 30.3 Å². The first kappa shape index (κ1) is 28.0. The Morgan fingerprint density at radius 1 is 0.689 bits per heavy atom. The average Bonchev–Trinajstić information content (AvgIpc) is 3.56. The van der Waals surface area contributed by atoms with E-state index in [1.54, 1.807) is 0 Å². The van der Waals surface area contributed by atoms with Crippen LogP contribution in [-0.2, 0) is 31.9 Å². The Bertz CT molecular complexity index is 2450. The number of para-hydroxylation sites is 2. The first-order chi connectivity index (χ1) is 21.3. The van der Waals surface area contributed by atoms with E-state index in [0.717, 1.165) is 49.7 Å². The summed E-state index contributed by atoms with van der Waals surface area (Å²) in [6, 6.07) is 36.4. The van der Waals surface area contributed by atoms with Crippen molar-refractivity contribution in [3.05, 3.63) is 120 Å². The second kappa shape index (κ2) is 9.52. The van der Waals surface area contributed by atoms with E-state index in [-0.39, 0.29) is 31.9 Å². The molecule has 222 valence electrons. The molecule has 0 amide bonds. The van der Waals surface area contributed by atoms with Gasteiger partial charge < -0.3 is 13.7 Å². The number of benzene rings is 4. The normalized spacial score (nSPS) is 15.0. The van der Waals surface area contributed by atoms with Crippen molar-refractivity contribution < 1.29 is 25.8 Å². The van der Waals surface area contributed by atoms with Gasteiger partial charge in [-0.05, 0) is 36.1 Å². The van der Waals surface area contributed by atoms with E-state index in [2.05, 4.69) is 110 Å². The van der Waals surface area contributed by atoms with Crippen LogP contribution in [0.3, 0.4) is 0 Å². The molecule has 1 aliphatic rings. The van der Waals surface area contributed by atoms with Crippen LogP contribution in [0.5, 0.6) is 11.5 Å².